The van der Waals surface area contributed by atoms with Crippen LogP contribution in [0.2, 0.25) is 5.15 Å². The highest BCUT2D eigenvalue weighted by Gasteiger charge is 2.25. The lowest BCUT2D eigenvalue weighted by atomic mass is 10.1. The van der Waals surface area contributed by atoms with Crippen LogP contribution in [-0.4, -0.2) is 53.7 Å². The van der Waals surface area contributed by atoms with E-state index in [4.69, 9.17) is 21.1 Å². The molecule has 1 aliphatic rings. The van der Waals surface area contributed by atoms with Crippen molar-refractivity contribution in [1.29, 1.82) is 0 Å². The van der Waals surface area contributed by atoms with Crippen molar-refractivity contribution >= 4 is 17.7 Å². The topological polar surface area (TPSA) is 54.9 Å². The minimum Gasteiger partial charge on any atom is -0.481 e. The second kappa shape index (κ2) is 7.95. The molecule has 1 aliphatic heterocycles. The molecular weight excluding hydrogens is 342 g/mol. The maximum Gasteiger partial charge on any atom is 0.410 e. The molecule has 0 unspecified atom stereocenters. The van der Waals surface area contributed by atoms with Crippen molar-refractivity contribution in [2.75, 3.05) is 27.2 Å². The van der Waals surface area contributed by atoms with E-state index in [0.717, 1.165) is 17.7 Å². The van der Waals surface area contributed by atoms with E-state index in [9.17, 15) is 4.79 Å². The standard InChI is InChI=1S/C18H26ClN3O3/c1-18(2,3)25-17(23)22-8-6-7-14(12-22)21(4)11-13-9-15(19)20-16(10-13)24-5/h7,9-10H,6,8,11-12H2,1-5H3. The number of nitrogens with zero attached hydrogens (tertiary/aromatic N) is 3. The summed E-state index contributed by atoms with van der Waals surface area (Å²) in [6.45, 7) is 7.46. The van der Waals surface area contributed by atoms with Gasteiger partial charge in [0.1, 0.15) is 10.8 Å². The summed E-state index contributed by atoms with van der Waals surface area (Å²) < 4.78 is 10.6. The first-order valence-electron chi connectivity index (χ1n) is 8.26. The SMILES string of the molecule is COc1cc(CN(C)C2=CCCN(C(=O)OC(C)(C)C)C2)cc(Cl)n1. The van der Waals surface area contributed by atoms with Gasteiger partial charge in [0, 0.05) is 31.9 Å². The summed E-state index contributed by atoms with van der Waals surface area (Å²) >= 11 is 6.03. The highest BCUT2D eigenvalue weighted by molar-refractivity contribution is 6.29. The number of likely N-dealkylation sites (N-methyl/N-ethyl adjacent to an activating group) is 1. The lowest BCUT2D eigenvalue weighted by Crippen LogP contribution is -2.42. The van der Waals surface area contributed by atoms with E-state index < -0.39 is 5.60 Å². The zero-order chi connectivity index (χ0) is 18.6. The molecule has 0 bridgehead atoms. The van der Waals surface area contributed by atoms with Crippen molar-refractivity contribution in [1.82, 2.24) is 14.8 Å². The van der Waals surface area contributed by atoms with Gasteiger partial charge in [-0.25, -0.2) is 9.78 Å². The van der Waals surface area contributed by atoms with E-state index in [1.54, 1.807) is 12.0 Å². The van der Waals surface area contributed by atoms with Crippen LogP contribution in [0.5, 0.6) is 5.88 Å². The molecule has 1 amide bonds. The van der Waals surface area contributed by atoms with Crippen LogP contribution in [0.15, 0.2) is 23.9 Å². The average molecular weight is 368 g/mol. The third-order valence-electron chi connectivity index (χ3n) is 3.73. The van der Waals surface area contributed by atoms with Gasteiger partial charge in [0.2, 0.25) is 5.88 Å². The first-order valence-corrected chi connectivity index (χ1v) is 8.64. The van der Waals surface area contributed by atoms with E-state index in [-0.39, 0.29) is 6.09 Å². The monoisotopic (exact) mass is 367 g/mol. The van der Waals surface area contributed by atoms with Gasteiger partial charge < -0.3 is 19.3 Å². The summed E-state index contributed by atoms with van der Waals surface area (Å²) in [6, 6.07) is 3.67. The molecule has 0 N–H and O–H groups in total. The summed E-state index contributed by atoms with van der Waals surface area (Å²) in [5.41, 5.74) is 1.58. The normalized spacial score (nSPS) is 14.8. The van der Waals surface area contributed by atoms with Gasteiger partial charge in [0.25, 0.3) is 0 Å². The van der Waals surface area contributed by atoms with E-state index in [2.05, 4.69) is 16.0 Å². The fourth-order valence-corrected chi connectivity index (χ4v) is 2.80. The maximum absolute atomic E-state index is 12.3. The highest BCUT2D eigenvalue weighted by Crippen LogP contribution is 2.21. The summed E-state index contributed by atoms with van der Waals surface area (Å²) in [6.07, 6.45) is 2.68. The van der Waals surface area contributed by atoms with Gasteiger partial charge in [-0.05, 0) is 38.8 Å². The molecule has 0 saturated heterocycles. The molecule has 7 heteroatoms. The third-order valence-corrected chi connectivity index (χ3v) is 3.93. The number of aromatic nitrogens is 1. The van der Waals surface area contributed by atoms with Gasteiger partial charge in [0.15, 0.2) is 0 Å². The lowest BCUT2D eigenvalue weighted by molar-refractivity contribution is 0.0249. The van der Waals surface area contributed by atoms with E-state index in [1.807, 2.05) is 40.0 Å². The van der Waals surface area contributed by atoms with Crippen molar-refractivity contribution in [2.24, 2.45) is 0 Å². The van der Waals surface area contributed by atoms with E-state index in [1.165, 1.54) is 0 Å². The van der Waals surface area contributed by atoms with Gasteiger partial charge in [-0.3, -0.25) is 0 Å². The molecule has 0 radical (unpaired) electrons. The fourth-order valence-electron chi connectivity index (χ4n) is 2.58. The Balaban J connectivity index is 2.02. The zero-order valence-electron chi connectivity index (χ0n) is 15.5. The van der Waals surface area contributed by atoms with Crippen LogP contribution in [-0.2, 0) is 11.3 Å². The van der Waals surface area contributed by atoms with E-state index in [0.29, 0.717) is 30.7 Å². The number of ether oxygens (including phenoxy) is 2. The number of hydrogen-bond donors (Lipinski definition) is 0. The molecule has 6 nitrogen and oxygen atoms in total. The van der Waals surface area contributed by atoms with Crippen LogP contribution in [0.3, 0.4) is 0 Å². The zero-order valence-corrected chi connectivity index (χ0v) is 16.3. The number of halogens is 1. The van der Waals surface area contributed by atoms with Crippen molar-refractivity contribution in [3.8, 4) is 5.88 Å². The minimum atomic E-state index is -0.491. The van der Waals surface area contributed by atoms with Crippen molar-refractivity contribution in [2.45, 2.75) is 39.3 Å². The molecular formula is C18H26ClN3O3. The molecule has 0 spiro atoms. The first kappa shape index (κ1) is 19.4. The van der Waals surface area contributed by atoms with Gasteiger partial charge in [-0.15, -0.1) is 0 Å². The quantitative estimate of drug-likeness (QED) is 0.759. The largest absolute Gasteiger partial charge is 0.481 e. The summed E-state index contributed by atoms with van der Waals surface area (Å²) in [5.74, 6) is 0.490. The van der Waals surface area contributed by atoms with Gasteiger partial charge >= 0.3 is 6.09 Å². The summed E-state index contributed by atoms with van der Waals surface area (Å²) in [7, 11) is 3.56. The van der Waals surface area contributed by atoms with Crippen LogP contribution in [0, 0.1) is 0 Å². The molecule has 1 aromatic heterocycles. The molecule has 138 valence electrons. The third kappa shape index (κ3) is 5.81. The van der Waals surface area contributed by atoms with Gasteiger partial charge in [0.05, 0.1) is 13.7 Å². The Morgan fingerprint density at radius 1 is 1.40 bits per heavy atom. The van der Waals surface area contributed by atoms with Crippen molar-refractivity contribution < 1.29 is 14.3 Å². The molecule has 0 atom stereocenters. The van der Waals surface area contributed by atoms with Crippen LogP contribution < -0.4 is 4.74 Å². The van der Waals surface area contributed by atoms with Gasteiger partial charge in [-0.2, -0.15) is 0 Å². The minimum absolute atomic E-state index is 0.278. The molecule has 2 heterocycles. The number of methoxy groups -OCH3 is 1. The second-order valence-electron chi connectivity index (χ2n) is 7.08. The summed E-state index contributed by atoms with van der Waals surface area (Å²) in [5, 5.41) is 0.399. The molecule has 0 saturated carbocycles. The Morgan fingerprint density at radius 2 is 2.12 bits per heavy atom. The Labute approximate surface area is 154 Å². The molecule has 0 aromatic carbocycles. The maximum atomic E-state index is 12.3. The van der Waals surface area contributed by atoms with Gasteiger partial charge in [-0.1, -0.05) is 17.7 Å². The number of hydrogen-bond acceptors (Lipinski definition) is 5. The number of carbonyl (C=O) groups excluding carboxylic acids is 1. The van der Waals surface area contributed by atoms with Crippen LogP contribution in [0.25, 0.3) is 0 Å². The number of pyridine rings is 1. The molecule has 25 heavy (non-hydrogen) atoms. The second-order valence-corrected chi connectivity index (χ2v) is 7.47. The molecule has 0 aliphatic carbocycles. The fraction of sp³-hybridized carbons (Fsp3) is 0.556. The van der Waals surface area contributed by atoms with Crippen LogP contribution in [0.4, 0.5) is 4.79 Å². The van der Waals surface area contributed by atoms with E-state index >= 15 is 0 Å². The predicted octanol–water partition coefficient (Wildman–Crippen LogP) is 3.70. The number of rotatable bonds is 4. The predicted molar refractivity (Wildman–Crippen MR) is 97.8 cm³/mol. The van der Waals surface area contributed by atoms with Crippen LogP contribution >= 0.6 is 11.6 Å². The number of carbonyl (C=O) groups is 1. The Morgan fingerprint density at radius 3 is 2.76 bits per heavy atom. The Bertz CT molecular complexity index is 655. The van der Waals surface area contributed by atoms with Crippen molar-refractivity contribution in [3.63, 3.8) is 0 Å². The molecule has 0 fully saturated rings. The van der Waals surface area contributed by atoms with Crippen LogP contribution in [0.1, 0.15) is 32.8 Å². The molecule has 1 aromatic rings. The smallest absolute Gasteiger partial charge is 0.410 e. The lowest BCUT2D eigenvalue weighted by Gasteiger charge is -2.33. The number of amides is 1. The Kier molecular flexibility index (Phi) is 6.16. The Hall–Kier alpha value is -1.95. The highest BCUT2D eigenvalue weighted by atomic mass is 35.5. The first-order chi connectivity index (χ1) is 11.7. The molecule has 2 rings (SSSR count). The van der Waals surface area contributed by atoms with Crippen molar-refractivity contribution in [3.05, 3.63) is 34.6 Å². The summed E-state index contributed by atoms with van der Waals surface area (Å²) in [4.78, 5) is 20.2. The average Bonchev–Trinajstić information content (AvgIpc) is 2.52.